The highest BCUT2D eigenvalue weighted by molar-refractivity contribution is 6.22. The summed E-state index contributed by atoms with van der Waals surface area (Å²) >= 11 is 0. The average Bonchev–Trinajstić information content (AvgIpc) is 3.69. The Kier molecular flexibility index (Phi) is 5.22. The van der Waals surface area contributed by atoms with E-state index >= 15 is 0 Å². The lowest BCUT2D eigenvalue weighted by Gasteiger charge is -2.11. The maximum absolute atomic E-state index is 5.17. The first-order chi connectivity index (χ1) is 22.8. The predicted octanol–water partition coefficient (Wildman–Crippen LogP) is 10.0. The summed E-state index contributed by atoms with van der Waals surface area (Å²) in [6, 6.07) is 53.1. The summed E-state index contributed by atoms with van der Waals surface area (Å²) in [6.45, 7) is 0. The van der Waals surface area contributed by atoms with E-state index in [-0.39, 0.29) is 0 Å². The quantitative estimate of drug-likeness (QED) is 0.193. The normalized spacial score (nSPS) is 11.9. The summed E-state index contributed by atoms with van der Waals surface area (Å²) in [6.07, 6.45) is 0. The van der Waals surface area contributed by atoms with Crippen LogP contribution in [-0.2, 0) is 0 Å². The van der Waals surface area contributed by atoms with Crippen molar-refractivity contribution in [1.82, 2.24) is 23.9 Å². The van der Waals surface area contributed by atoms with E-state index in [1.54, 1.807) is 0 Å². The fourth-order valence-corrected chi connectivity index (χ4v) is 7.14. The molecular weight excluding hydrogens is 562 g/mol. The van der Waals surface area contributed by atoms with Gasteiger partial charge in [-0.05, 0) is 29.7 Å². The Bertz CT molecular complexity index is 2740. The van der Waals surface area contributed by atoms with Crippen molar-refractivity contribution in [3.05, 3.63) is 152 Å². The number of hydrogen-bond donors (Lipinski definition) is 0. The first-order valence-corrected chi connectivity index (χ1v) is 15.5. The van der Waals surface area contributed by atoms with Crippen LogP contribution in [0, 0.1) is 0 Å². The van der Waals surface area contributed by atoms with E-state index < -0.39 is 0 Å². The van der Waals surface area contributed by atoms with Gasteiger partial charge in [-0.2, -0.15) is 9.97 Å². The van der Waals surface area contributed by atoms with Crippen molar-refractivity contribution in [2.75, 3.05) is 0 Å². The Hall–Kier alpha value is -6.33. The molecule has 0 radical (unpaired) electrons. The van der Waals surface area contributed by atoms with Crippen LogP contribution in [0.3, 0.4) is 0 Å². The second-order valence-corrected chi connectivity index (χ2v) is 11.7. The molecule has 0 aliphatic carbocycles. The van der Waals surface area contributed by atoms with Crippen molar-refractivity contribution in [3.8, 4) is 28.7 Å². The highest BCUT2D eigenvalue weighted by Gasteiger charge is 2.21. The van der Waals surface area contributed by atoms with Crippen molar-refractivity contribution in [1.29, 1.82) is 0 Å². The molecule has 0 saturated heterocycles. The molecule has 0 aliphatic rings. The maximum atomic E-state index is 5.17. The monoisotopic (exact) mass is 587 g/mol. The first kappa shape index (κ1) is 25.0. The van der Waals surface area contributed by atoms with Gasteiger partial charge < -0.3 is 4.40 Å². The molecule has 46 heavy (non-hydrogen) atoms. The third kappa shape index (κ3) is 3.54. The van der Waals surface area contributed by atoms with E-state index in [0.29, 0.717) is 17.6 Å². The second kappa shape index (κ2) is 9.58. The molecule has 4 aromatic heterocycles. The number of rotatable bonds is 3. The van der Waals surface area contributed by atoms with Gasteiger partial charge in [0.2, 0.25) is 5.95 Å². The molecule has 4 heterocycles. The highest BCUT2D eigenvalue weighted by atomic mass is 15.2. The minimum atomic E-state index is 0.594. The predicted molar refractivity (Wildman–Crippen MR) is 189 cm³/mol. The molecule has 0 amide bonds. The molecule has 0 aliphatic heterocycles. The third-order valence-corrected chi connectivity index (χ3v) is 9.14. The molecule has 0 N–H and O–H groups in total. The van der Waals surface area contributed by atoms with Crippen LogP contribution in [0.1, 0.15) is 0 Å². The number of aromatic nitrogens is 5. The van der Waals surface area contributed by atoms with E-state index in [1.165, 1.54) is 27.2 Å². The van der Waals surface area contributed by atoms with Crippen LogP contribution in [0.25, 0.3) is 88.6 Å². The highest BCUT2D eigenvalue weighted by Crippen LogP contribution is 2.40. The molecule has 214 valence electrons. The summed E-state index contributed by atoms with van der Waals surface area (Å²) in [5.41, 5.74) is 7.54. The van der Waals surface area contributed by atoms with Crippen LogP contribution in [0.15, 0.2) is 152 Å². The zero-order valence-corrected chi connectivity index (χ0v) is 24.7. The molecule has 0 spiro atoms. The van der Waals surface area contributed by atoms with Gasteiger partial charge in [0.1, 0.15) is 0 Å². The van der Waals surface area contributed by atoms with Crippen molar-refractivity contribution in [2.45, 2.75) is 0 Å². The summed E-state index contributed by atoms with van der Waals surface area (Å²) in [4.78, 5) is 15.3. The van der Waals surface area contributed by atoms with Gasteiger partial charge in [0.15, 0.2) is 11.6 Å². The molecule has 5 nitrogen and oxygen atoms in total. The molecule has 10 rings (SSSR count). The molecule has 0 bridgehead atoms. The number of para-hydroxylation sites is 2. The lowest BCUT2D eigenvalue weighted by molar-refractivity contribution is 0.955. The zero-order chi connectivity index (χ0) is 30.2. The minimum absolute atomic E-state index is 0.594. The number of benzene rings is 6. The Labute approximate surface area is 263 Å². The number of pyridine rings is 1. The van der Waals surface area contributed by atoms with Gasteiger partial charge >= 0.3 is 0 Å². The molecule has 5 heteroatoms. The standard InChI is InChI=1S/C41H25N5/c1-3-13-26(14-4-1)39-42-40(27-15-5-2-6-16-27)44-41(43-39)46-35-22-12-10-20-31(35)32-23-24-36-33(38(32)46)25-37-30-19-8-7-17-28(30)29-18-9-11-21-34(29)45(36)37/h1-25H. The second-order valence-electron chi connectivity index (χ2n) is 11.7. The maximum Gasteiger partial charge on any atom is 0.238 e. The topological polar surface area (TPSA) is 48.0 Å². The molecule has 0 saturated carbocycles. The SMILES string of the molecule is c1ccc(-c2nc(-c3ccccc3)nc(-n3c4ccccc4c4ccc5c(cc6c7ccccc7c7ccccc7n65)c43)n2)cc1. The summed E-state index contributed by atoms with van der Waals surface area (Å²) in [5, 5.41) is 7.19. The molecule has 0 unspecified atom stereocenters. The lowest BCUT2D eigenvalue weighted by atomic mass is 10.1. The van der Waals surface area contributed by atoms with Crippen molar-refractivity contribution < 1.29 is 0 Å². The van der Waals surface area contributed by atoms with Crippen molar-refractivity contribution >= 4 is 59.9 Å². The van der Waals surface area contributed by atoms with Crippen LogP contribution >= 0.6 is 0 Å². The van der Waals surface area contributed by atoms with Crippen LogP contribution in [0.5, 0.6) is 0 Å². The fourth-order valence-electron chi connectivity index (χ4n) is 7.14. The van der Waals surface area contributed by atoms with Crippen LogP contribution in [-0.4, -0.2) is 23.9 Å². The van der Waals surface area contributed by atoms with Crippen LogP contribution in [0.4, 0.5) is 0 Å². The summed E-state index contributed by atoms with van der Waals surface area (Å²) in [5.74, 6) is 1.87. The van der Waals surface area contributed by atoms with E-state index in [1.807, 2.05) is 36.4 Å². The van der Waals surface area contributed by atoms with Gasteiger partial charge in [0.25, 0.3) is 0 Å². The van der Waals surface area contributed by atoms with Crippen LogP contribution in [0.2, 0.25) is 0 Å². The van der Waals surface area contributed by atoms with Gasteiger partial charge in [-0.1, -0.05) is 127 Å². The van der Waals surface area contributed by atoms with Crippen molar-refractivity contribution in [2.24, 2.45) is 0 Å². The van der Waals surface area contributed by atoms with E-state index in [4.69, 9.17) is 15.0 Å². The Morgan fingerprint density at radius 3 is 1.50 bits per heavy atom. The number of fused-ring (bicyclic) bond motifs is 12. The Balaban J connectivity index is 1.39. The third-order valence-electron chi connectivity index (χ3n) is 9.14. The average molecular weight is 588 g/mol. The molecule has 6 aromatic carbocycles. The largest absolute Gasteiger partial charge is 0.309 e. The number of nitrogens with zero attached hydrogens (tertiary/aromatic N) is 5. The summed E-state index contributed by atoms with van der Waals surface area (Å²) < 4.78 is 4.64. The Morgan fingerprint density at radius 1 is 0.348 bits per heavy atom. The van der Waals surface area contributed by atoms with Crippen molar-refractivity contribution in [3.63, 3.8) is 0 Å². The molecule has 0 fully saturated rings. The molecular formula is C41H25N5. The van der Waals surface area contributed by atoms with Crippen LogP contribution < -0.4 is 0 Å². The Morgan fingerprint density at radius 2 is 0.848 bits per heavy atom. The van der Waals surface area contributed by atoms with E-state index in [2.05, 4.69) is 124 Å². The summed E-state index contributed by atoms with van der Waals surface area (Å²) in [7, 11) is 0. The van der Waals surface area contributed by atoms with Gasteiger partial charge in [-0.25, -0.2) is 4.98 Å². The lowest BCUT2D eigenvalue weighted by Crippen LogP contribution is -2.06. The van der Waals surface area contributed by atoms with Gasteiger partial charge in [0, 0.05) is 38.1 Å². The smallest absolute Gasteiger partial charge is 0.238 e. The first-order valence-electron chi connectivity index (χ1n) is 15.5. The van der Waals surface area contributed by atoms with Gasteiger partial charge in [-0.3, -0.25) is 4.57 Å². The van der Waals surface area contributed by atoms with Gasteiger partial charge in [-0.15, -0.1) is 0 Å². The van der Waals surface area contributed by atoms with E-state index in [0.717, 1.165) is 43.8 Å². The zero-order valence-electron chi connectivity index (χ0n) is 24.7. The minimum Gasteiger partial charge on any atom is -0.309 e. The molecule has 10 aromatic rings. The molecule has 0 atom stereocenters. The number of hydrogen-bond acceptors (Lipinski definition) is 3. The van der Waals surface area contributed by atoms with E-state index in [9.17, 15) is 0 Å². The fraction of sp³-hybridized carbons (Fsp3) is 0. The van der Waals surface area contributed by atoms with Gasteiger partial charge in [0.05, 0.1) is 27.6 Å².